The normalized spacial score (nSPS) is 10.8. The minimum absolute atomic E-state index is 0.461. The summed E-state index contributed by atoms with van der Waals surface area (Å²) in [5.74, 6) is 1.52. The average molecular weight is 292 g/mol. The minimum Gasteiger partial charge on any atom is -0.493 e. The number of aromatic nitrogens is 1. The minimum atomic E-state index is 0.461. The topological polar surface area (TPSA) is 43.4 Å². The molecular formula is C15H20N2O2S. The molecule has 0 unspecified atom stereocenters. The van der Waals surface area contributed by atoms with Crippen molar-refractivity contribution in [3.63, 3.8) is 0 Å². The third-order valence-electron chi connectivity index (χ3n) is 2.80. The number of nitrogens with one attached hydrogen (secondary N) is 1. The summed E-state index contributed by atoms with van der Waals surface area (Å²) in [6.07, 6.45) is 1.82. The molecule has 2 aromatic rings. The van der Waals surface area contributed by atoms with Gasteiger partial charge in [0.05, 0.1) is 17.5 Å². The van der Waals surface area contributed by atoms with E-state index in [1.807, 2.05) is 18.3 Å². The van der Waals surface area contributed by atoms with Crippen molar-refractivity contribution in [2.45, 2.75) is 33.0 Å². The molecule has 0 spiro atoms. The maximum absolute atomic E-state index is 5.78. The molecule has 5 heteroatoms. The Morgan fingerprint density at radius 3 is 2.80 bits per heavy atom. The molecule has 1 aromatic heterocycles. The second-order valence-electron chi connectivity index (χ2n) is 4.78. The Kier molecular flexibility index (Phi) is 5.38. The van der Waals surface area contributed by atoms with Crippen molar-refractivity contribution in [1.29, 1.82) is 0 Å². The third kappa shape index (κ3) is 4.21. The van der Waals surface area contributed by atoms with Gasteiger partial charge in [0.15, 0.2) is 11.5 Å². The summed E-state index contributed by atoms with van der Waals surface area (Å²) in [4.78, 5) is 5.13. The zero-order chi connectivity index (χ0) is 14.4. The highest BCUT2D eigenvalue weighted by atomic mass is 32.1. The molecule has 0 saturated heterocycles. The van der Waals surface area contributed by atoms with Crippen molar-refractivity contribution >= 4 is 11.3 Å². The monoisotopic (exact) mass is 292 g/mol. The molecule has 1 heterocycles. The lowest BCUT2D eigenvalue weighted by Gasteiger charge is -2.13. The van der Waals surface area contributed by atoms with Crippen molar-refractivity contribution in [2.75, 3.05) is 7.11 Å². The first-order valence-corrected chi connectivity index (χ1v) is 7.47. The Labute approximate surface area is 123 Å². The van der Waals surface area contributed by atoms with Gasteiger partial charge in [-0.2, -0.15) is 0 Å². The number of hydrogen-bond acceptors (Lipinski definition) is 5. The van der Waals surface area contributed by atoms with E-state index in [0.29, 0.717) is 12.6 Å². The quantitative estimate of drug-likeness (QED) is 0.851. The van der Waals surface area contributed by atoms with Gasteiger partial charge in [-0.05, 0) is 17.7 Å². The van der Waals surface area contributed by atoms with Crippen LogP contribution in [0.1, 0.15) is 24.3 Å². The molecule has 0 aliphatic rings. The van der Waals surface area contributed by atoms with E-state index in [1.165, 1.54) is 5.56 Å². The van der Waals surface area contributed by atoms with Gasteiger partial charge in [-0.3, -0.25) is 4.98 Å². The van der Waals surface area contributed by atoms with Crippen LogP contribution in [0.2, 0.25) is 0 Å². The van der Waals surface area contributed by atoms with Crippen molar-refractivity contribution in [2.24, 2.45) is 0 Å². The number of thiazole rings is 1. The molecule has 1 N–H and O–H groups in total. The Bertz CT molecular complexity index is 527. The largest absolute Gasteiger partial charge is 0.493 e. The summed E-state index contributed by atoms with van der Waals surface area (Å²) in [6.45, 7) is 5.60. The molecule has 0 amide bonds. The number of ether oxygens (including phenoxy) is 2. The van der Waals surface area contributed by atoms with Crippen molar-refractivity contribution < 1.29 is 9.47 Å². The molecule has 0 aliphatic heterocycles. The van der Waals surface area contributed by atoms with Crippen LogP contribution >= 0.6 is 11.3 Å². The van der Waals surface area contributed by atoms with Crippen LogP contribution < -0.4 is 14.8 Å². The van der Waals surface area contributed by atoms with Crippen LogP contribution in [0.4, 0.5) is 0 Å². The van der Waals surface area contributed by atoms with E-state index >= 15 is 0 Å². The summed E-state index contributed by atoms with van der Waals surface area (Å²) in [5.41, 5.74) is 2.98. The molecule has 0 atom stereocenters. The van der Waals surface area contributed by atoms with E-state index in [9.17, 15) is 0 Å². The fourth-order valence-electron chi connectivity index (χ4n) is 1.73. The number of nitrogens with zero attached hydrogens (tertiary/aromatic N) is 1. The zero-order valence-corrected chi connectivity index (χ0v) is 12.9. The van der Waals surface area contributed by atoms with E-state index in [-0.39, 0.29) is 0 Å². The van der Waals surface area contributed by atoms with Gasteiger partial charge in [-0.25, -0.2) is 0 Å². The number of hydrogen-bond donors (Lipinski definition) is 1. The van der Waals surface area contributed by atoms with E-state index in [1.54, 1.807) is 24.0 Å². The molecule has 0 bridgehead atoms. The van der Waals surface area contributed by atoms with Crippen LogP contribution in [0.5, 0.6) is 11.5 Å². The highest BCUT2D eigenvalue weighted by Gasteiger charge is 2.07. The Hall–Kier alpha value is -1.59. The average Bonchev–Trinajstić information content (AvgIpc) is 2.96. The second kappa shape index (κ2) is 7.26. The standard InChI is InChI=1S/C15H20N2O2S/c1-11(2)17-7-12-4-5-14(15(6-12)18-3)19-9-13-8-16-10-20-13/h4-6,8,10-11,17H,7,9H2,1-3H3. The summed E-state index contributed by atoms with van der Waals surface area (Å²) in [5, 5.41) is 3.38. The van der Waals surface area contributed by atoms with E-state index in [0.717, 1.165) is 22.9 Å². The maximum Gasteiger partial charge on any atom is 0.161 e. The summed E-state index contributed by atoms with van der Waals surface area (Å²) in [7, 11) is 1.66. The van der Waals surface area contributed by atoms with Crippen molar-refractivity contribution in [1.82, 2.24) is 10.3 Å². The van der Waals surface area contributed by atoms with Crippen LogP contribution in [-0.4, -0.2) is 18.1 Å². The van der Waals surface area contributed by atoms with Crippen LogP contribution in [-0.2, 0) is 13.2 Å². The highest BCUT2D eigenvalue weighted by molar-refractivity contribution is 7.09. The predicted molar refractivity (Wildman–Crippen MR) is 81.4 cm³/mol. The third-order valence-corrected chi connectivity index (χ3v) is 3.55. The van der Waals surface area contributed by atoms with Gasteiger partial charge in [-0.15, -0.1) is 11.3 Å². The van der Waals surface area contributed by atoms with E-state index < -0.39 is 0 Å². The molecule has 0 saturated carbocycles. The maximum atomic E-state index is 5.78. The molecule has 4 nitrogen and oxygen atoms in total. The Balaban J connectivity index is 2.01. The molecule has 0 aliphatic carbocycles. The van der Waals surface area contributed by atoms with Gasteiger partial charge >= 0.3 is 0 Å². The Morgan fingerprint density at radius 1 is 1.30 bits per heavy atom. The molecule has 2 rings (SSSR count). The number of rotatable bonds is 7. The van der Waals surface area contributed by atoms with Crippen LogP contribution in [0.15, 0.2) is 29.9 Å². The van der Waals surface area contributed by atoms with E-state index in [2.05, 4.69) is 30.2 Å². The fourth-order valence-corrected chi connectivity index (χ4v) is 2.23. The van der Waals surface area contributed by atoms with Crippen LogP contribution in [0, 0.1) is 0 Å². The molecule has 0 fully saturated rings. The van der Waals surface area contributed by atoms with Gasteiger partial charge in [-0.1, -0.05) is 19.9 Å². The first-order valence-electron chi connectivity index (χ1n) is 6.59. The van der Waals surface area contributed by atoms with Gasteiger partial charge < -0.3 is 14.8 Å². The lowest BCUT2D eigenvalue weighted by Crippen LogP contribution is -2.21. The second-order valence-corrected chi connectivity index (χ2v) is 5.75. The van der Waals surface area contributed by atoms with Gasteiger partial charge in [0.1, 0.15) is 6.61 Å². The summed E-state index contributed by atoms with van der Waals surface area (Å²) in [6, 6.07) is 6.48. The van der Waals surface area contributed by atoms with Crippen LogP contribution in [0.3, 0.4) is 0 Å². The SMILES string of the molecule is COc1cc(CNC(C)C)ccc1OCc1cncs1. The number of methoxy groups -OCH3 is 1. The molecule has 108 valence electrons. The first-order chi connectivity index (χ1) is 9.69. The molecule has 0 radical (unpaired) electrons. The van der Waals surface area contributed by atoms with Gasteiger partial charge in [0, 0.05) is 18.8 Å². The van der Waals surface area contributed by atoms with E-state index in [4.69, 9.17) is 9.47 Å². The summed E-state index contributed by atoms with van der Waals surface area (Å²) < 4.78 is 11.2. The lowest BCUT2D eigenvalue weighted by atomic mass is 10.2. The molecule has 1 aromatic carbocycles. The first kappa shape index (κ1) is 14.8. The molecule has 20 heavy (non-hydrogen) atoms. The van der Waals surface area contributed by atoms with Crippen molar-refractivity contribution in [3.8, 4) is 11.5 Å². The van der Waals surface area contributed by atoms with Gasteiger partial charge in [0.2, 0.25) is 0 Å². The van der Waals surface area contributed by atoms with Crippen molar-refractivity contribution in [3.05, 3.63) is 40.3 Å². The predicted octanol–water partition coefficient (Wildman–Crippen LogP) is 3.23. The smallest absolute Gasteiger partial charge is 0.161 e. The zero-order valence-electron chi connectivity index (χ0n) is 12.1. The number of benzene rings is 1. The summed E-state index contributed by atoms with van der Waals surface area (Å²) >= 11 is 1.58. The van der Waals surface area contributed by atoms with Crippen LogP contribution in [0.25, 0.3) is 0 Å². The lowest BCUT2D eigenvalue weighted by molar-refractivity contribution is 0.287. The fraction of sp³-hybridized carbons (Fsp3) is 0.400. The highest BCUT2D eigenvalue weighted by Crippen LogP contribution is 2.29. The molecular weight excluding hydrogens is 272 g/mol. The van der Waals surface area contributed by atoms with Gasteiger partial charge in [0.25, 0.3) is 0 Å². The Morgan fingerprint density at radius 2 is 2.15 bits per heavy atom.